The van der Waals surface area contributed by atoms with Crippen LogP contribution in [0, 0.1) is 11.3 Å². The predicted molar refractivity (Wildman–Crippen MR) is 41.1 cm³/mol. The van der Waals surface area contributed by atoms with Crippen LogP contribution in [0.5, 0.6) is 0 Å². The van der Waals surface area contributed by atoms with Gasteiger partial charge in [-0.25, -0.2) is 4.98 Å². The lowest BCUT2D eigenvalue weighted by Crippen LogP contribution is -1.98. The molecule has 1 aromatic rings. The first kappa shape index (κ1) is 8.68. The molecule has 12 heavy (non-hydrogen) atoms. The van der Waals surface area contributed by atoms with Gasteiger partial charge in [-0.1, -0.05) is 0 Å². The summed E-state index contributed by atoms with van der Waals surface area (Å²) < 4.78 is 5.00. The molecule has 0 aliphatic rings. The Bertz CT molecular complexity index is 288. The van der Waals surface area contributed by atoms with E-state index < -0.39 is 0 Å². The third-order valence-electron chi connectivity index (χ3n) is 1.51. The van der Waals surface area contributed by atoms with E-state index in [4.69, 9.17) is 10.00 Å². The number of aromatic nitrogens is 3. The molecule has 0 saturated heterocycles. The highest BCUT2D eigenvalue weighted by atomic mass is 16.5. The molecule has 0 radical (unpaired) electrons. The number of hydrogen-bond donors (Lipinski definition) is 1. The van der Waals surface area contributed by atoms with E-state index in [0.29, 0.717) is 11.6 Å². The average Bonchev–Trinajstić information content (AvgIpc) is 2.52. The maximum absolute atomic E-state index is 8.36. The molecule has 0 spiro atoms. The van der Waals surface area contributed by atoms with Gasteiger partial charge in [0, 0.05) is 7.11 Å². The highest BCUT2D eigenvalue weighted by Crippen LogP contribution is 2.09. The van der Waals surface area contributed by atoms with Crippen LogP contribution in [0.1, 0.15) is 24.7 Å². The highest BCUT2D eigenvalue weighted by Gasteiger charge is 2.09. The fourth-order valence-electron chi connectivity index (χ4n) is 0.751. The van der Waals surface area contributed by atoms with Crippen molar-refractivity contribution in [3.63, 3.8) is 0 Å². The molecule has 1 atom stereocenters. The van der Waals surface area contributed by atoms with E-state index in [-0.39, 0.29) is 12.5 Å². The Hall–Kier alpha value is -1.41. The van der Waals surface area contributed by atoms with Crippen LogP contribution in [-0.2, 0) is 11.2 Å². The van der Waals surface area contributed by atoms with Gasteiger partial charge in [0.25, 0.3) is 0 Å². The molecule has 64 valence electrons. The second-order valence-corrected chi connectivity index (χ2v) is 2.35. The fourth-order valence-corrected chi connectivity index (χ4v) is 0.751. The number of H-pyrrole nitrogens is 1. The molecule has 1 N–H and O–H groups in total. The van der Waals surface area contributed by atoms with Crippen molar-refractivity contribution < 1.29 is 4.74 Å². The lowest BCUT2D eigenvalue weighted by atomic mass is 10.4. The van der Waals surface area contributed by atoms with Crippen molar-refractivity contribution in [2.24, 2.45) is 0 Å². The normalized spacial score (nSPS) is 12.4. The van der Waals surface area contributed by atoms with Crippen molar-refractivity contribution >= 4 is 0 Å². The van der Waals surface area contributed by atoms with Gasteiger partial charge in [-0.2, -0.15) is 10.4 Å². The molecule has 0 aliphatic carbocycles. The van der Waals surface area contributed by atoms with Crippen LogP contribution in [0.4, 0.5) is 0 Å². The molecular formula is C7H10N4O. The second kappa shape index (κ2) is 3.83. The minimum Gasteiger partial charge on any atom is -0.374 e. The zero-order valence-electron chi connectivity index (χ0n) is 7.03. The second-order valence-electron chi connectivity index (χ2n) is 2.35. The van der Waals surface area contributed by atoms with E-state index in [1.807, 2.05) is 13.0 Å². The number of rotatable bonds is 3. The molecule has 0 amide bonds. The summed E-state index contributed by atoms with van der Waals surface area (Å²) in [6.45, 7) is 1.85. The summed E-state index contributed by atoms with van der Waals surface area (Å²) in [5.41, 5.74) is 0. The summed E-state index contributed by atoms with van der Waals surface area (Å²) in [5.74, 6) is 1.17. The number of nitrogens with zero attached hydrogens (tertiary/aromatic N) is 3. The summed E-state index contributed by atoms with van der Waals surface area (Å²) in [4.78, 5) is 4.06. The van der Waals surface area contributed by atoms with E-state index in [2.05, 4.69) is 15.2 Å². The quantitative estimate of drug-likeness (QED) is 0.712. The summed E-state index contributed by atoms with van der Waals surface area (Å²) in [6.07, 6.45) is 0.123. The smallest absolute Gasteiger partial charge is 0.179 e. The van der Waals surface area contributed by atoms with Gasteiger partial charge in [-0.3, -0.25) is 5.10 Å². The van der Waals surface area contributed by atoms with Gasteiger partial charge in [0.05, 0.1) is 12.5 Å². The van der Waals surface area contributed by atoms with Gasteiger partial charge in [0.15, 0.2) is 5.82 Å². The van der Waals surface area contributed by atoms with Crippen LogP contribution in [0.25, 0.3) is 0 Å². The van der Waals surface area contributed by atoms with E-state index in [1.165, 1.54) is 0 Å². The Balaban J connectivity index is 2.71. The standard InChI is InChI=1S/C7H10N4O/c1-5(12-2)7-9-6(3-4-8)10-11-7/h5H,3H2,1-2H3,(H,9,10,11). The number of nitriles is 1. The van der Waals surface area contributed by atoms with Gasteiger partial charge >= 0.3 is 0 Å². The Labute approximate surface area is 70.4 Å². The molecule has 5 heteroatoms. The molecule has 0 aliphatic heterocycles. The average molecular weight is 166 g/mol. The summed E-state index contributed by atoms with van der Waals surface area (Å²) >= 11 is 0. The maximum Gasteiger partial charge on any atom is 0.179 e. The number of nitrogens with one attached hydrogen (secondary N) is 1. The van der Waals surface area contributed by atoms with Crippen molar-refractivity contribution in [1.29, 1.82) is 5.26 Å². The van der Waals surface area contributed by atoms with E-state index >= 15 is 0 Å². The highest BCUT2D eigenvalue weighted by molar-refractivity contribution is 4.98. The van der Waals surface area contributed by atoms with E-state index in [0.717, 1.165) is 0 Å². The number of aromatic amines is 1. The Kier molecular flexibility index (Phi) is 2.77. The molecule has 0 aromatic carbocycles. The minimum absolute atomic E-state index is 0.131. The van der Waals surface area contributed by atoms with Crippen LogP contribution >= 0.6 is 0 Å². The van der Waals surface area contributed by atoms with Gasteiger partial charge in [-0.05, 0) is 6.92 Å². The van der Waals surface area contributed by atoms with Crippen molar-refractivity contribution in [3.05, 3.63) is 11.6 Å². The van der Waals surface area contributed by atoms with Crippen LogP contribution in [0.15, 0.2) is 0 Å². The molecule has 5 nitrogen and oxygen atoms in total. The van der Waals surface area contributed by atoms with Crippen molar-refractivity contribution in [1.82, 2.24) is 15.2 Å². The lowest BCUT2D eigenvalue weighted by Gasteiger charge is -2.01. The largest absolute Gasteiger partial charge is 0.374 e. The number of ether oxygens (including phenoxy) is 1. The van der Waals surface area contributed by atoms with Gasteiger partial charge in [0.1, 0.15) is 11.9 Å². The first-order chi connectivity index (χ1) is 5.77. The molecule has 1 rings (SSSR count). The summed E-state index contributed by atoms with van der Waals surface area (Å²) in [5, 5.41) is 14.9. The Morgan fingerprint density at radius 1 is 1.75 bits per heavy atom. The van der Waals surface area contributed by atoms with Crippen LogP contribution in [-0.4, -0.2) is 22.3 Å². The van der Waals surface area contributed by atoms with E-state index in [1.54, 1.807) is 7.11 Å². The maximum atomic E-state index is 8.36. The Morgan fingerprint density at radius 3 is 3.08 bits per heavy atom. The van der Waals surface area contributed by atoms with Gasteiger partial charge in [-0.15, -0.1) is 0 Å². The fraction of sp³-hybridized carbons (Fsp3) is 0.571. The molecule has 1 aromatic heterocycles. The molecule has 0 fully saturated rings. The first-order valence-corrected chi connectivity index (χ1v) is 3.59. The zero-order chi connectivity index (χ0) is 8.97. The van der Waals surface area contributed by atoms with Gasteiger partial charge < -0.3 is 4.74 Å². The van der Waals surface area contributed by atoms with Crippen LogP contribution < -0.4 is 0 Å². The molecule has 0 bridgehead atoms. The van der Waals surface area contributed by atoms with Crippen LogP contribution in [0.2, 0.25) is 0 Å². The third-order valence-corrected chi connectivity index (χ3v) is 1.51. The number of hydrogen-bond acceptors (Lipinski definition) is 4. The van der Waals surface area contributed by atoms with Crippen molar-refractivity contribution in [2.75, 3.05) is 7.11 Å². The van der Waals surface area contributed by atoms with Crippen molar-refractivity contribution in [2.45, 2.75) is 19.4 Å². The first-order valence-electron chi connectivity index (χ1n) is 3.59. The SMILES string of the molecule is COC(C)c1n[nH]c(CC#N)n1. The molecule has 1 unspecified atom stereocenters. The Morgan fingerprint density at radius 2 is 2.50 bits per heavy atom. The number of methoxy groups -OCH3 is 1. The zero-order valence-corrected chi connectivity index (χ0v) is 7.03. The lowest BCUT2D eigenvalue weighted by molar-refractivity contribution is 0.112. The third kappa shape index (κ3) is 1.80. The van der Waals surface area contributed by atoms with E-state index in [9.17, 15) is 0 Å². The summed E-state index contributed by atoms with van der Waals surface area (Å²) in [7, 11) is 1.59. The molecule has 0 saturated carbocycles. The molecular weight excluding hydrogens is 156 g/mol. The predicted octanol–water partition coefficient (Wildman–Crippen LogP) is 0.578. The van der Waals surface area contributed by atoms with Crippen molar-refractivity contribution in [3.8, 4) is 6.07 Å². The van der Waals surface area contributed by atoms with Gasteiger partial charge in [0.2, 0.25) is 0 Å². The molecule has 1 heterocycles. The van der Waals surface area contributed by atoms with Crippen LogP contribution in [0.3, 0.4) is 0 Å². The topological polar surface area (TPSA) is 74.6 Å². The monoisotopic (exact) mass is 166 g/mol. The summed E-state index contributed by atoms with van der Waals surface area (Å²) in [6, 6.07) is 1.98. The minimum atomic E-state index is -0.131.